The Balaban J connectivity index is 2.01. The molecule has 2 aromatic carbocycles. The number of sulfonamides is 1. The van der Waals surface area contributed by atoms with Crippen LogP contribution in [0, 0.1) is 0 Å². The Hall–Kier alpha value is -3.87. The molecule has 0 aliphatic rings. The fraction of sp³-hybridized carbons (Fsp3) is 0.190. The quantitative estimate of drug-likeness (QED) is 0.494. The van der Waals surface area contributed by atoms with Crippen LogP contribution in [0.1, 0.15) is 17.4 Å². The third kappa shape index (κ3) is 5.92. The average Bonchev–Trinajstić information content (AvgIpc) is 2.79. The number of hydrogen-bond acceptors (Lipinski definition) is 6. The first-order valence-corrected chi connectivity index (χ1v) is 11.2. The van der Waals surface area contributed by atoms with Gasteiger partial charge in [0.1, 0.15) is 11.4 Å². The Morgan fingerprint density at radius 2 is 1.82 bits per heavy atom. The minimum absolute atomic E-state index is 0.0711. The van der Waals surface area contributed by atoms with E-state index in [1.165, 1.54) is 0 Å². The smallest absolute Gasteiger partial charge is 0.422 e. The molecule has 3 aromatic rings. The molecule has 0 radical (unpaired) electrons. The van der Waals surface area contributed by atoms with Crippen molar-refractivity contribution in [2.75, 3.05) is 22.8 Å². The number of benzene rings is 2. The summed E-state index contributed by atoms with van der Waals surface area (Å²) in [6.45, 7) is 0.0293. The first kappa shape index (κ1) is 24.8. The van der Waals surface area contributed by atoms with Gasteiger partial charge in [0.15, 0.2) is 6.61 Å². The van der Waals surface area contributed by atoms with Gasteiger partial charge in [-0.1, -0.05) is 18.2 Å². The average molecular weight is 496 g/mol. The number of alkyl halides is 3. The second-order valence-corrected chi connectivity index (χ2v) is 8.69. The number of nitrogens with one attached hydrogen (secondary N) is 2. The van der Waals surface area contributed by atoms with Crippen molar-refractivity contribution in [1.82, 2.24) is 10.2 Å². The largest absolute Gasteiger partial charge is 0.482 e. The van der Waals surface area contributed by atoms with Crippen molar-refractivity contribution in [3.63, 3.8) is 0 Å². The third-order valence-electron chi connectivity index (χ3n) is 4.42. The minimum Gasteiger partial charge on any atom is -0.482 e. The van der Waals surface area contributed by atoms with E-state index in [0.29, 0.717) is 5.69 Å². The lowest BCUT2D eigenvalue weighted by Crippen LogP contribution is -2.31. The zero-order valence-electron chi connectivity index (χ0n) is 17.7. The van der Waals surface area contributed by atoms with E-state index in [4.69, 9.17) is 4.74 Å². The van der Waals surface area contributed by atoms with Gasteiger partial charge in [-0.2, -0.15) is 18.3 Å². The molecule has 1 aromatic heterocycles. The number of ether oxygens (including phenoxy) is 1. The molecule has 9 nitrogen and oxygen atoms in total. The molecule has 180 valence electrons. The number of nitrogens with zero attached hydrogens (tertiary/aromatic N) is 2. The number of aromatic amines is 1. The van der Waals surface area contributed by atoms with Gasteiger partial charge in [0.05, 0.1) is 16.3 Å². The van der Waals surface area contributed by atoms with Gasteiger partial charge in [-0.3, -0.25) is 13.9 Å². The summed E-state index contributed by atoms with van der Waals surface area (Å²) in [7, 11) is -4.15. The number of aromatic nitrogens is 2. The first-order valence-electron chi connectivity index (χ1n) is 9.80. The lowest BCUT2D eigenvalue weighted by atomic mass is 10.2. The van der Waals surface area contributed by atoms with Crippen molar-refractivity contribution in [3.05, 3.63) is 76.7 Å². The maximum atomic E-state index is 13.3. The molecule has 1 heterocycles. The highest BCUT2D eigenvalue weighted by Crippen LogP contribution is 2.32. The molecule has 0 bridgehead atoms. The summed E-state index contributed by atoms with van der Waals surface area (Å²) in [6.07, 6.45) is -4.67. The highest BCUT2D eigenvalue weighted by Gasteiger charge is 2.30. The Morgan fingerprint density at radius 1 is 1.12 bits per heavy atom. The Morgan fingerprint density at radius 3 is 2.41 bits per heavy atom. The molecule has 0 fully saturated rings. The number of rotatable bonds is 8. The number of para-hydroxylation sites is 1. The van der Waals surface area contributed by atoms with Crippen LogP contribution < -0.4 is 19.9 Å². The van der Waals surface area contributed by atoms with Crippen LogP contribution >= 0.6 is 0 Å². The molecular weight excluding hydrogens is 477 g/mol. The molecule has 13 heteroatoms. The van der Waals surface area contributed by atoms with Crippen molar-refractivity contribution in [1.29, 1.82) is 0 Å². The number of H-pyrrole nitrogens is 1. The van der Waals surface area contributed by atoms with Gasteiger partial charge in [0.2, 0.25) is 0 Å². The van der Waals surface area contributed by atoms with E-state index in [0.717, 1.165) is 34.6 Å². The number of hydrogen-bond donors (Lipinski definition) is 2. The van der Waals surface area contributed by atoms with Crippen molar-refractivity contribution < 1.29 is 31.1 Å². The molecule has 0 saturated heterocycles. The lowest BCUT2D eigenvalue weighted by molar-refractivity contribution is -0.153. The van der Waals surface area contributed by atoms with E-state index in [1.807, 2.05) is 0 Å². The fourth-order valence-corrected chi connectivity index (χ4v) is 4.42. The van der Waals surface area contributed by atoms with Crippen LogP contribution in [0.2, 0.25) is 0 Å². The second-order valence-electron chi connectivity index (χ2n) is 6.83. The predicted octanol–water partition coefficient (Wildman–Crippen LogP) is 3.18. The normalized spacial score (nSPS) is 11.6. The van der Waals surface area contributed by atoms with E-state index in [2.05, 4.69) is 15.5 Å². The van der Waals surface area contributed by atoms with Crippen molar-refractivity contribution >= 4 is 27.3 Å². The molecule has 0 aliphatic heterocycles. The fourth-order valence-electron chi connectivity index (χ4n) is 2.92. The Labute approximate surface area is 192 Å². The van der Waals surface area contributed by atoms with E-state index in [9.17, 15) is 31.2 Å². The molecule has 34 heavy (non-hydrogen) atoms. The molecule has 0 atom stereocenters. The summed E-state index contributed by atoms with van der Waals surface area (Å²) in [5.41, 5.74) is -0.772. The van der Waals surface area contributed by atoms with Crippen LogP contribution in [0.15, 0.2) is 70.4 Å². The third-order valence-corrected chi connectivity index (χ3v) is 6.32. The van der Waals surface area contributed by atoms with Gasteiger partial charge in [0.25, 0.3) is 21.5 Å². The molecule has 0 spiro atoms. The van der Waals surface area contributed by atoms with Crippen molar-refractivity contribution in [2.24, 2.45) is 0 Å². The van der Waals surface area contributed by atoms with E-state index < -0.39 is 40.0 Å². The summed E-state index contributed by atoms with van der Waals surface area (Å²) < 4.78 is 70.5. The van der Waals surface area contributed by atoms with Crippen LogP contribution in [0.4, 0.5) is 24.5 Å². The molecule has 3 rings (SSSR count). The molecule has 0 aliphatic carbocycles. The van der Waals surface area contributed by atoms with Gasteiger partial charge >= 0.3 is 6.18 Å². The second kappa shape index (κ2) is 9.95. The standard InChI is InChI=1S/C21H19F3N4O5S/c1-2-28(14-6-4-3-5-7-14)34(31,32)15-8-10-18(33-13-21(22,23)24)17(12-15)25-20(30)16-9-11-19(29)27-26-16/h3-12H,2,13H2,1H3,(H,25,30)(H,27,29). The molecule has 0 saturated carbocycles. The Kier molecular flexibility index (Phi) is 7.25. The molecule has 1 amide bonds. The predicted molar refractivity (Wildman–Crippen MR) is 117 cm³/mol. The molecular formula is C21H19F3N4O5S. The Bertz CT molecular complexity index is 1310. The first-order chi connectivity index (χ1) is 16.0. The SMILES string of the molecule is CCN(c1ccccc1)S(=O)(=O)c1ccc(OCC(F)(F)F)c(NC(=O)c2ccc(=O)[nH]n2)c1. The number of amides is 1. The molecule has 2 N–H and O–H groups in total. The number of halogens is 3. The van der Waals surface area contributed by atoms with Crippen molar-refractivity contribution in [3.8, 4) is 5.75 Å². The van der Waals surface area contributed by atoms with Crippen molar-refractivity contribution in [2.45, 2.75) is 18.0 Å². The van der Waals surface area contributed by atoms with Gasteiger partial charge < -0.3 is 10.1 Å². The lowest BCUT2D eigenvalue weighted by Gasteiger charge is -2.23. The minimum atomic E-state index is -4.67. The van der Waals surface area contributed by atoms with E-state index >= 15 is 0 Å². The van der Waals surface area contributed by atoms with Crippen LogP contribution in [0.3, 0.4) is 0 Å². The van der Waals surface area contributed by atoms with Gasteiger partial charge in [-0.05, 0) is 43.3 Å². The monoisotopic (exact) mass is 496 g/mol. The highest BCUT2D eigenvalue weighted by atomic mass is 32.2. The number of carbonyl (C=O) groups is 1. The van der Waals surface area contributed by atoms with Crippen LogP contribution in [0.5, 0.6) is 5.75 Å². The van der Waals surface area contributed by atoms with Crippen LogP contribution in [0.25, 0.3) is 0 Å². The maximum Gasteiger partial charge on any atom is 0.422 e. The van der Waals surface area contributed by atoms with Gasteiger partial charge in [-0.15, -0.1) is 0 Å². The zero-order chi connectivity index (χ0) is 24.9. The van der Waals surface area contributed by atoms with Crippen LogP contribution in [-0.4, -0.2) is 43.9 Å². The van der Waals surface area contributed by atoms with Gasteiger partial charge in [0, 0.05) is 12.6 Å². The number of anilines is 2. The summed E-state index contributed by atoms with van der Waals surface area (Å²) in [6, 6.07) is 13.4. The maximum absolute atomic E-state index is 13.3. The highest BCUT2D eigenvalue weighted by molar-refractivity contribution is 7.92. The topological polar surface area (TPSA) is 121 Å². The summed E-state index contributed by atoms with van der Waals surface area (Å²) in [5, 5.41) is 7.89. The molecule has 0 unspecified atom stereocenters. The van der Waals surface area contributed by atoms with E-state index in [-0.39, 0.29) is 22.8 Å². The summed E-state index contributed by atoms with van der Waals surface area (Å²) in [5.74, 6) is -1.31. The van der Waals surface area contributed by atoms with E-state index in [1.54, 1.807) is 37.3 Å². The van der Waals surface area contributed by atoms with Crippen LogP contribution in [-0.2, 0) is 10.0 Å². The summed E-state index contributed by atoms with van der Waals surface area (Å²) in [4.78, 5) is 23.4. The van der Waals surface area contributed by atoms with Gasteiger partial charge in [-0.25, -0.2) is 13.5 Å². The summed E-state index contributed by atoms with van der Waals surface area (Å²) >= 11 is 0. The number of carbonyl (C=O) groups excluding carboxylic acids is 1. The zero-order valence-corrected chi connectivity index (χ0v) is 18.5.